The summed E-state index contributed by atoms with van der Waals surface area (Å²) in [5, 5.41) is 0. The summed E-state index contributed by atoms with van der Waals surface area (Å²) in [5.74, 6) is -1.99. The number of ether oxygens (including phenoxy) is 1. The molecule has 0 unspecified atom stereocenters. The van der Waals surface area contributed by atoms with E-state index in [4.69, 9.17) is 10.5 Å². The van der Waals surface area contributed by atoms with Gasteiger partial charge in [0.1, 0.15) is 17.4 Å². The number of halogens is 2. The summed E-state index contributed by atoms with van der Waals surface area (Å²) in [4.78, 5) is 12.2. The van der Waals surface area contributed by atoms with Crippen LogP contribution in [0.2, 0.25) is 0 Å². The summed E-state index contributed by atoms with van der Waals surface area (Å²) in [5.41, 5.74) is 5.85. The van der Waals surface area contributed by atoms with Crippen molar-refractivity contribution in [2.45, 2.75) is 0 Å². The highest BCUT2D eigenvalue weighted by atomic mass is 19.1. The van der Waals surface area contributed by atoms with Crippen LogP contribution in [0.5, 0.6) is 5.75 Å². The highest BCUT2D eigenvalue weighted by Crippen LogP contribution is 2.25. The molecule has 2 N–H and O–H groups in total. The molecule has 0 bridgehead atoms. The van der Waals surface area contributed by atoms with Gasteiger partial charge >= 0.3 is 0 Å². The number of ketones is 1. The summed E-state index contributed by atoms with van der Waals surface area (Å²) in [6.07, 6.45) is 0. The summed E-state index contributed by atoms with van der Waals surface area (Å²) in [7, 11) is 1.39. The standard InChI is InChI=1S/C14H11F2NO2/c1-19-13-5-3-9(17)7-11(13)14(18)10-4-2-8(15)6-12(10)16/h2-7H,17H2,1H3. The maximum atomic E-state index is 13.6. The van der Waals surface area contributed by atoms with Crippen LogP contribution in [0.1, 0.15) is 15.9 Å². The van der Waals surface area contributed by atoms with Crippen molar-refractivity contribution in [3.63, 3.8) is 0 Å². The van der Waals surface area contributed by atoms with Gasteiger partial charge in [0.2, 0.25) is 0 Å². The van der Waals surface area contributed by atoms with Crippen LogP contribution >= 0.6 is 0 Å². The van der Waals surface area contributed by atoms with E-state index in [1.54, 1.807) is 6.07 Å². The topological polar surface area (TPSA) is 52.3 Å². The molecule has 3 nitrogen and oxygen atoms in total. The molecule has 0 saturated carbocycles. The van der Waals surface area contributed by atoms with E-state index in [0.29, 0.717) is 11.8 Å². The van der Waals surface area contributed by atoms with Crippen LogP contribution in [0, 0.1) is 11.6 Å². The monoisotopic (exact) mass is 263 g/mol. The number of anilines is 1. The smallest absolute Gasteiger partial charge is 0.199 e. The Balaban J connectivity index is 2.52. The zero-order chi connectivity index (χ0) is 14.0. The third-order valence-corrected chi connectivity index (χ3v) is 2.64. The van der Waals surface area contributed by atoms with Crippen LogP contribution in [0.15, 0.2) is 36.4 Å². The van der Waals surface area contributed by atoms with Crippen molar-refractivity contribution in [2.24, 2.45) is 0 Å². The molecule has 19 heavy (non-hydrogen) atoms. The molecule has 2 aromatic rings. The van der Waals surface area contributed by atoms with Crippen molar-refractivity contribution >= 4 is 11.5 Å². The highest BCUT2D eigenvalue weighted by Gasteiger charge is 2.18. The summed E-state index contributed by atoms with van der Waals surface area (Å²) >= 11 is 0. The van der Waals surface area contributed by atoms with E-state index in [0.717, 1.165) is 12.1 Å². The van der Waals surface area contributed by atoms with E-state index in [-0.39, 0.29) is 16.9 Å². The van der Waals surface area contributed by atoms with Crippen LogP contribution in [0.4, 0.5) is 14.5 Å². The molecular formula is C14H11F2NO2. The lowest BCUT2D eigenvalue weighted by molar-refractivity contribution is 0.103. The van der Waals surface area contributed by atoms with E-state index in [1.807, 2.05) is 0 Å². The number of methoxy groups -OCH3 is 1. The lowest BCUT2D eigenvalue weighted by atomic mass is 10.0. The molecule has 0 atom stereocenters. The minimum atomic E-state index is -0.922. The first-order chi connectivity index (χ1) is 9.02. The SMILES string of the molecule is COc1ccc(N)cc1C(=O)c1ccc(F)cc1F. The van der Waals surface area contributed by atoms with Gasteiger partial charge in [-0.05, 0) is 30.3 Å². The Bertz CT molecular complexity index is 641. The first-order valence-electron chi connectivity index (χ1n) is 5.46. The molecule has 2 aromatic carbocycles. The second kappa shape index (κ2) is 5.06. The van der Waals surface area contributed by atoms with Gasteiger partial charge in [-0.3, -0.25) is 4.79 Å². The van der Waals surface area contributed by atoms with Crippen molar-refractivity contribution in [2.75, 3.05) is 12.8 Å². The van der Waals surface area contributed by atoms with Crippen LogP contribution in [0.25, 0.3) is 0 Å². The Morgan fingerprint density at radius 1 is 1.11 bits per heavy atom. The number of hydrogen-bond acceptors (Lipinski definition) is 3. The van der Waals surface area contributed by atoms with E-state index < -0.39 is 17.4 Å². The van der Waals surface area contributed by atoms with Crippen molar-refractivity contribution in [1.82, 2.24) is 0 Å². The maximum Gasteiger partial charge on any atom is 0.199 e. The van der Waals surface area contributed by atoms with Crippen LogP contribution < -0.4 is 10.5 Å². The van der Waals surface area contributed by atoms with Crippen molar-refractivity contribution < 1.29 is 18.3 Å². The first-order valence-corrected chi connectivity index (χ1v) is 5.46. The molecule has 0 saturated heterocycles. The molecule has 2 rings (SSSR count). The van der Waals surface area contributed by atoms with E-state index in [1.165, 1.54) is 19.2 Å². The highest BCUT2D eigenvalue weighted by molar-refractivity contribution is 6.11. The second-order valence-electron chi connectivity index (χ2n) is 3.91. The molecular weight excluding hydrogens is 252 g/mol. The molecule has 98 valence electrons. The van der Waals surface area contributed by atoms with Gasteiger partial charge in [-0.25, -0.2) is 8.78 Å². The fourth-order valence-corrected chi connectivity index (χ4v) is 1.72. The number of hydrogen-bond donors (Lipinski definition) is 1. The molecule has 0 radical (unpaired) electrons. The van der Waals surface area contributed by atoms with E-state index >= 15 is 0 Å². The molecule has 5 heteroatoms. The zero-order valence-corrected chi connectivity index (χ0v) is 10.1. The van der Waals surface area contributed by atoms with Gasteiger partial charge in [0.25, 0.3) is 0 Å². The fraction of sp³-hybridized carbons (Fsp3) is 0.0714. The average molecular weight is 263 g/mol. The van der Waals surface area contributed by atoms with Crippen molar-refractivity contribution in [3.8, 4) is 5.75 Å². The van der Waals surface area contributed by atoms with E-state index in [9.17, 15) is 13.6 Å². The largest absolute Gasteiger partial charge is 0.496 e. The van der Waals surface area contributed by atoms with Gasteiger partial charge in [-0.1, -0.05) is 0 Å². The number of nitrogen functional groups attached to an aromatic ring is 1. The van der Waals surface area contributed by atoms with Gasteiger partial charge in [-0.15, -0.1) is 0 Å². The van der Waals surface area contributed by atoms with Gasteiger partial charge < -0.3 is 10.5 Å². The van der Waals surface area contributed by atoms with Crippen molar-refractivity contribution in [1.29, 1.82) is 0 Å². The lowest BCUT2D eigenvalue weighted by Gasteiger charge is -2.09. The zero-order valence-electron chi connectivity index (χ0n) is 10.1. The van der Waals surface area contributed by atoms with Crippen LogP contribution in [-0.4, -0.2) is 12.9 Å². The second-order valence-corrected chi connectivity index (χ2v) is 3.91. The molecule has 0 spiro atoms. The minimum Gasteiger partial charge on any atom is -0.496 e. The Labute approximate surface area is 108 Å². The summed E-state index contributed by atoms with van der Waals surface area (Å²) in [6, 6.07) is 7.25. The third kappa shape index (κ3) is 2.54. The Morgan fingerprint density at radius 2 is 1.84 bits per heavy atom. The number of carbonyl (C=O) groups excluding carboxylic acids is 1. The molecule has 0 aliphatic rings. The first kappa shape index (κ1) is 13.0. The van der Waals surface area contributed by atoms with Gasteiger partial charge in [0.05, 0.1) is 18.2 Å². The molecule has 0 aromatic heterocycles. The maximum absolute atomic E-state index is 13.6. The predicted octanol–water partition coefficient (Wildman–Crippen LogP) is 2.79. The third-order valence-electron chi connectivity index (χ3n) is 2.64. The van der Waals surface area contributed by atoms with E-state index in [2.05, 4.69) is 0 Å². The van der Waals surface area contributed by atoms with Gasteiger partial charge in [0.15, 0.2) is 5.78 Å². The molecule has 0 aliphatic carbocycles. The minimum absolute atomic E-state index is 0.132. The van der Waals surface area contributed by atoms with Crippen LogP contribution in [0.3, 0.4) is 0 Å². The van der Waals surface area contributed by atoms with Crippen LogP contribution in [-0.2, 0) is 0 Å². The Kier molecular flexibility index (Phi) is 3.46. The number of benzene rings is 2. The molecule has 0 aliphatic heterocycles. The Hall–Kier alpha value is -2.43. The summed E-state index contributed by atoms with van der Waals surface area (Å²) in [6.45, 7) is 0. The quantitative estimate of drug-likeness (QED) is 0.684. The predicted molar refractivity (Wildman–Crippen MR) is 67.2 cm³/mol. The number of carbonyl (C=O) groups is 1. The van der Waals surface area contributed by atoms with Crippen molar-refractivity contribution in [3.05, 3.63) is 59.2 Å². The fourth-order valence-electron chi connectivity index (χ4n) is 1.72. The molecule has 0 amide bonds. The number of rotatable bonds is 3. The average Bonchev–Trinajstić information content (AvgIpc) is 2.38. The van der Waals surface area contributed by atoms with Gasteiger partial charge in [-0.2, -0.15) is 0 Å². The number of nitrogens with two attached hydrogens (primary N) is 1. The lowest BCUT2D eigenvalue weighted by Crippen LogP contribution is -2.07. The summed E-state index contributed by atoms with van der Waals surface area (Å²) < 4.78 is 31.5. The molecule has 0 heterocycles. The molecule has 0 fully saturated rings. The van der Waals surface area contributed by atoms with Gasteiger partial charge in [0, 0.05) is 11.8 Å². The normalized spacial score (nSPS) is 10.3. The Morgan fingerprint density at radius 3 is 2.47 bits per heavy atom.